The molecule has 0 spiro atoms. The molecular weight excluding hydrogens is 358 g/mol. The highest BCUT2D eigenvalue weighted by molar-refractivity contribution is 6.42. The summed E-state index contributed by atoms with van der Waals surface area (Å²) in [5.74, 6) is -1.63. The maximum atomic E-state index is 12.3. The fourth-order valence-corrected chi connectivity index (χ4v) is 2.00. The van der Waals surface area contributed by atoms with Crippen LogP contribution in [0.25, 0.3) is 11.1 Å². The number of hydrogen-bond donors (Lipinski definition) is 1. The first-order valence-corrected chi connectivity index (χ1v) is 6.81. The van der Waals surface area contributed by atoms with Crippen LogP contribution in [0.1, 0.15) is 10.4 Å². The molecule has 0 aliphatic carbocycles. The number of pyridine rings is 1. The summed E-state index contributed by atoms with van der Waals surface area (Å²) in [6.45, 7) is -1.55. The number of carbonyl (C=O) groups is 1. The smallest absolute Gasteiger partial charge is 0.422 e. The van der Waals surface area contributed by atoms with Gasteiger partial charge >= 0.3 is 12.1 Å². The van der Waals surface area contributed by atoms with Crippen LogP contribution in [-0.4, -0.2) is 28.8 Å². The Kier molecular flexibility index (Phi) is 5.01. The van der Waals surface area contributed by atoms with Gasteiger partial charge in [0.25, 0.3) is 0 Å². The molecule has 2 rings (SSSR count). The van der Waals surface area contributed by atoms with Crippen molar-refractivity contribution >= 4 is 29.2 Å². The molecule has 1 aromatic carbocycles. The molecule has 0 radical (unpaired) electrons. The highest BCUT2D eigenvalue weighted by Crippen LogP contribution is 2.34. The van der Waals surface area contributed by atoms with Crippen LogP contribution in [0.15, 0.2) is 30.5 Å². The second-order valence-corrected chi connectivity index (χ2v) is 5.23. The van der Waals surface area contributed by atoms with Gasteiger partial charge in [-0.15, -0.1) is 0 Å². The molecule has 0 atom stereocenters. The molecule has 1 aromatic heterocycles. The molecule has 122 valence electrons. The number of halogens is 5. The Morgan fingerprint density at radius 1 is 1.22 bits per heavy atom. The summed E-state index contributed by atoms with van der Waals surface area (Å²) in [4.78, 5) is 14.7. The zero-order valence-electron chi connectivity index (χ0n) is 11.2. The summed E-state index contributed by atoms with van der Waals surface area (Å²) in [5, 5.41) is 9.40. The maximum Gasteiger partial charge on any atom is 0.422 e. The summed E-state index contributed by atoms with van der Waals surface area (Å²) in [6, 6.07) is 5.44. The Labute approximate surface area is 138 Å². The maximum absolute atomic E-state index is 12.3. The summed E-state index contributed by atoms with van der Waals surface area (Å²) < 4.78 is 41.6. The molecule has 0 saturated heterocycles. The lowest BCUT2D eigenvalue weighted by atomic mass is 10.1. The fraction of sp³-hybridized carbons (Fsp3) is 0.143. The van der Waals surface area contributed by atoms with Gasteiger partial charge in [0, 0.05) is 11.8 Å². The quantitative estimate of drug-likeness (QED) is 0.853. The number of ether oxygens (including phenoxy) is 1. The lowest BCUT2D eigenvalue weighted by molar-refractivity contribution is -0.154. The molecule has 9 heteroatoms. The van der Waals surface area contributed by atoms with Gasteiger partial charge in [-0.3, -0.25) is 0 Å². The van der Waals surface area contributed by atoms with Crippen LogP contribution >= 0.6 is 23.2 Å². The number of hydrogen-bond acceptors (Lipinski definition) is 3. The van der Waals surface area contributed by atoms with Crippen LogP contribution in [-0.2, 0) is 0 Å². The third kappa shape index (κ3) is 4.49. The number of aromatic carboxylic acids is 1. The lowest BCUT2D eigenvalue weighted by Gasteiger charge is -2.13. The minimum Gasteiger partial charge on any atom is -0.478 e. The second-order valence-electron chi connectivity index (χ2n) is 4.41. The van der Waals surface area contributed by atoms with E-state index in [1.165, 1.54) is 18.2 Å². The number of benzene rings is 1. The first kappa shape index (κ1) is 17.4. The summed E-state index contributed by atoms with van der Waals surface area (Å²) >= 11 is 11.7. The van der Waals surface area contributed by atoms with E-state index >= 15 is 0 Å². The van der Waals surface area contributed by atoms with Gasteiger partial charge in [-0.1, -0.05) is 29.3 Å². The van der Waals surface area contributed by atoms with Gasteiger partial charge < -0.3 is 9.84 Å². The molecule has 4 nitrogen and oxygen atoms in total. The van der Waals surface area contributed by atoms with E-state index in [0.29, 0.717) is 5.56 Å². The normalized spacial score (nSPS) is 11.3. The van der Waals surface area contributed by atoms with Crippen LogP contribution in [0.2, 0.25) is 10.0 Å². The van der Waals surface area contributed by atoms with E-state index in [1.807, 2.05) is 0 Å². The number of carboxylic acid groups (broad SMARTS) is 1. The van der Waals surface area contributed by atoms with Crippen molar-refractivity contribution in [1.82, 2.24) is 4.98 Å². The van der Waals surface area contributed by atoms with Gasteiger partial charge in [-0.25, -0.2) is 9.78 Å². The number of aromatic nitrogens is 1. The van der Waals surface area contributed by atoms with Crippen molar-refractivity contribution in [3.63, 3.8) is 0 Å². The molecule has 0 saturated carbocycles. The van der Waals surface area contributed by atoms with Crippen molar-refractivity contribution in [3.8, 4) is 17.0 Å². The van der Waals surface area contributed by atoms with E-state index in [2.05, 4.69) is 9.72 Å². The van der Waals surface area contributed by atoms with Crippen LogP contribution < -0.4 is 4.74 Å². The molecule has 1 heterocycles. The molecule has 0 bridgehead atoms. The van der Waals surface area contributed by atoms with Crippen molar-refractivity contribution in [2.45, 2.75) is 6.18 Å². The van der Waals surface area contributed by atoms with Gasteiger partial charge in [0.2, 0.25) is 5.88 Å². The molecule has 0 fully saturated rings. The minimum atomic E-state index is -4.55. The Balaban J connectivity index is 2.49. The zero-order chi connectivity index (χ0) is 17.2. The van der Waals surface area contributed by atoms with Crippen molar-refractivity contribution in [1.29, 1.82) is 0 Å². The summed E-state index contributed by atoms with van der Waals surface area (Å²) in [5.41, 5.74) is 0.185. The molecule has 0 unspecified atom stereocenters. The number of carboxylic acids is 1. The van der Waals surface area contributed by atoms with Crippen molar-refractivity contribution in [2.75, 3.05) is 6.61 Å². The highest BCUT2D eigenvalue weighted by Gasteiger charge is 2.29. The summed E-state index contributed by atoms with van der Waals surface area (Å²) in [6.07, 6.45) is -3.64. The van der Waals surface area contributed by atoms with Crippen molar-refractivity contribution in [3.05, 3.63) is 46.1 Å². The first-order chi connectivity index (χ1) is 10.7. The minimum absolute atomic E-state index is 0.0627. The molecular formula is C14H8Cl2F3NO3. The van der Waals surface area contributed by atoms with Crippen LogP contribution in [0.3, 0.4) is 0 Å². The van der Waals surface area contributed by atoms with Gasteiger partial charge in [0.1, 0.15) is 0 Å². The standard InChI is InChI=1S/C14H8Cl2F3NO3/c15-10-2-1-7(4-11(10)16)9-3-8(13(21)22)5-20-12(9)23-6-14(17,18)19/h1-5H,6H2,(H,21,22). The Morgan fingerprint density at radius 2 is 1.91 bits per heavy atom. The monoisotopic (exact) mass is 365 g/mol. The topological polar surface area (TPSA) is 59.4 Å². The van der Waals surface area contributed by atoms with E-state index in [4.69, 9.17) is 28.3 Å². The first-order valence-electron chi connectivity index (χ1n) is 6.05. The van der Waals surface area contributed by atoms with E-state index < -0.39 is 18.8 Å². The van der Waals surface area contributed by atoms with E-state index in [1.54, 1.807) is 0 Å². The Hall–Kier alpha value is -1.99. The lowest BCUT2D eigenvalue weighted by Crippen LogP contribution is -2.20. The number of nitrogens with zero attached hydrogens (tertiary/aromatic N) is 1. The third-order valence-electron chi connectivity index (χ3n) is 2.70. The van der Waals surface area contributed by atoms with E-state index in [9.17, 15) is 18.0 Å². The fourth-order valence-electron chi connectivity index (χ4n) is 1.70. The van der Waals surface area contributed by atoms with E-state index in [0.717, 1.165) is 12.3 Å². The van der Waals surface area contributed by atoms with Gasteiger partial charge in [-0.2, -0.15) is 13.2 Å². The van der Waals surface area contributed by atoms with Gasteiger partial charge in [0.15, 0.2) is 6.61 Å². The summed E-state index contributed by atoms with van der Waals surface area (Å²) in [7, 11) is 0. The van der Waals surface area contributed by atoms with Crippen LogP contribution in [0.4, 0.5) is 13.2 Å². The molecule has 0 amide bonds. The molecule has 2 aromatic rings. The predicted octanol–water partition coefficient (Wildman–Crippen LogP) is 4.69. The number of rotatable bonds is 4. The van der Waals surface area contributed by atoms with Crippen molar-refractivity contribution < 1.29 is 27.8 Å². The average molecular weight is 366 g/mol. The average Bonchev–Trinajstić information content (AvgIpc) is 2.47. The van der Waals surface area contributed by atoms with Crippen molar-refractivity contribution in [2.24, 2.45) is 0 Å². The third-order valence-corrected chi connectivity index (χ3v) is 3.44. The highest BCUT2D eigenvalue weighted by atomic mass is 35.5. The zero-order valence-corrected chi connectivity index (χ0v) is 12.7. The van der Waals surface area contributed by atoms with Gasteiger partial charge in [0.05, 0.1) is 15.6 Å². The second kappa shape index (κ2) is 6.64. The van der Waals surface area contributed by atoms with Crippen LogP contribution in [0, 0.1) is 0 Å². The molecule has 0 aliphatic rings. The SMILES string of the molecule is O=C(O)c1cnc(OCC(F)(F)F)c(-c2ccc(Cl)c(Cl)c2)c1. The Bertz CT molecular complexity index is 751. The predicted molar refractivity (Wildman–Crippen MR) is 78.2 cm³/mol. The van der Waals surface area contributed by atoms with E-state index in [-0.39, 0.29) is 27.1 Å². The Morgan fingerprint density at radius 3 is 2.48 bits per heavy atom. The van der Waals surface area contributed by atoms with Gasteiger partial charge in [-0.05, 0) is 23.8 Å². The van der Waals surface area contributed by atoms with Crippen LogP contribution in [0.5, 0.6) is 5.88 Å². The molecule has 0 aliphatic heterocycles. The molecule has 1 N–H and O–H groups in total. The number of alkyl halides is 3. The molecule has 23 heavy (non-hydrogen) atoms. The largest absolute Gasteiger partial charge is 0.478 e.